The number of carbonyl (C=O) groups excluding carboxylic acids is 1. The standard InChI is InChI=1S/C12H24N2O3/c1-10(2)11-12(15)14(9-13-11)5-4-6-17-8-7-16-3/h10-11,13H,4-9H2,1-3H3. The van der Waals surface area contributed by atoms with Crippen molar-refractivity contribution in [3.8, 4) is 0 Å². The predicted octanol–water partition coefficient (Wildman–Crippen LogP) is 0.453. The van der Waals surface area contributed by atoms with Crippen molar-refractivity contribution in [2.75, 3.05) is 40.1 Å². The number of carbonyl (C=O) groups is 1. The average Bonchev–Trinajstić information content (AvgIpc) is 2.65. The first kappa shape index (κ1) is 14.4. The molecule has 17 heavy (non-hydrogen) atoms. The molecule has 1 fully saturated rings. The highest BCUT2D eigenvalue weighted by Crippen LogP contribution is 2.11. The number of rotatable bonds is 8. The lowest BCUT2D eigenvalue weighted by molar-refractivity contribution is -0.129. The number of ether oxygens (including phenoxy) is 2. The van der Waals surface area contributed by atoms with Crippen molar-refractivity contribution in [2.45, 2.75) is 26.3 Å². The molecule has 0 bridgehead atoms. The molecule has 0 radical (unpaired) electrons. The molecule has 1 N–H and O–H groups in total. The third-order valence-electron chi connectivity index (χ3n) is 2.89. The van der Waals surface area contributed by atoms with Crippen LogP contribution in [0, 0.1) is 5.92 Å². The monoisotopic (exact) mass is 244 g/mol. The van der Waals surface area contributed by atoms with Gasteiger partial charge in [-0.25, -0.2) is 0 Å². The molecular weight excluding hydrogens is 220 g/mol. The van der Waals surface area contributed by atoms with Crippen molar-refractivity contribution in [3.63, 3.8) is 0 Å². The van der Waals surface area contributed by atoms with Crippen LogP contribution in [0.25, 0.3) is 0 Å². The van der Waals surface area contributed by atoms with Crippen molar-refractivity contribution in [1.29, 1.82) is 0 Å². The molecule has 1 rings (SSSR count). The molecule has 100 valence electrons. The Morgan fingerprint density at radius 3 is 2.76 bits per heavy atom. The van der Waals surface area contributed by atoms with Crippen LogP contribution >= 0.6 is 0 Å². The molecule has 5 heteroatoms. The van der Waals surface area contributed by atoms with Crippen molar-refractivity contribution in [1.82, 2.24) is 10.2 Å². The van der Waals surface area contributed by atoms with Crippen LogP contribution in [0.5, 0.6) is 0 Å². The molecule has 0 aromatic heterocycles. The molecule has 1 heterocycles. The summed E-state index contributed by atoms with van der Waals surface area (Å²) >= 11 is 0. The molecule has 1 unspecified atom stereocenters. The van der Waals surface area contributed by atoms with E-state index < -0.39 is 0 Å². The minimum absolute atomic E-state index is 0.00981. The SMILES string of the molecule is COCCOCCCN1CNC(C(C)C)C1=O. The van der Waals surface area contributed by atoms with Gasteiger partial charge in [-0.05, 0) is 12.3 Å². The molecule has 0 saturated carbocycles. The Morgan fingerprint density at radius 1 is 1.41 bits per heavy atom. The Balaban J connectivity index is 2.10. The molecule has 1 saturated heterocycles. The van der Waals surface area contributed by atoms with E-state index in [0.29, 0.717) is 32.4 Å². The topological polar surface area (TPSA) is 50.8 Å². The first-order valence-corrected chi connectivity index (χ1v) is 6.25. The van der Waals surface area contributed by atoms with Crippen LogP contribution in [0.15, 0.2) is 0 Å². The fourth-order valence-electron chi connectivity index (χ4n) is 1.88. The molecular formula is C12H24N2O3. The predicted molar refractivity (Wildman–Crippen MR) is 65.7 cm³/mol. The molecule has 1 aliphatic rings. The summed E-state index contributed by atoms with van der Waals surface area (Å²) in [6, 6.07) is -0.00981. The highest BCUT2D eigenvalue weighted by Gasteiger charge is 2.32. The van der Waals surface area contributed by atoms with Gasteiger partial charge in [0.2, 0.25) is 5.91 Å². The Bertz CT molecular complexity index is 234. The van der Waals surface area contributed by atoms with Gasteiger partial charge in [0.25, 0.3) is 0 Å². The third-order valence-corrected chi connectivity index (χ3v) is 2.89. The summed E-state index contributed by atoms with van der Waals surface area (Å²) in [6.45, 7) is 7.48. The summed E-state index contributed by atoms with van der Waals surface area (Å²) in [6.07, 6.45) is 0.877. The smallest absolute Gasteiger partial charge is 0.241 e. The zero-order valence-corrected chi connectivity index (χ0v) is 11.1. The van der Waals surface area contributed by atoms with Gasteiger partial charge < -0.3 is 14.4 Å². The van der Waals surface area contributed by atoms with Crippen LogP contribution in [-0.4, -0.2) is 57.0 Å². The van der Waals surface area contributed by atoms with Crippen LogP contribution in [-0.2, 0) is 14.3 Å². The average molecular weight is 244 g/mol. The van der Waals surface area contributed by atoms with Gasteiger partial charge in [0.1, 0.15) is 0 Å². The quantitative estimate of drug-likeness (QED) is 0.630. The maximum Gasteiger partial charge on any atom is 0.241 e. The van der Waals surface area contributed by atoms with E-state index in [9.17, 15) is 4.79 Å². The van der Waals surface area contributed by atoms with E-state index in [0.717, 1.165) is 13.0 Å². The maximum absolute atomic E-state index is 11.9. The second-order valence-electron chi connectivity index (χ2n) is 4.64. The normalized spacial score (nSPS) is 20.6. The summed E-state index contributed by atoms with van der Waals surface area (Å²) in [4.78, 5) is 13.8. The lowest BCUT2D eigenvalue weighted by Gasteiger charge is -2.16. The minimum atomic E-state index is -0.00981. The van der Waals surface area contributed by atoms with E-state index in [1.54, 1.807) is 7.11 Å². The maximum atomic E-state index is 11.9. The van der Waals surface area contributed by atoms with Gasteiger partial charge in [-0.3, -0.25) is 10.1 Å². The van der Waals surface area contributed by atoms with Crippen molar-refractivity contribution in [3.05, 3.63) is 0 Å². The Kier molecular flexibility index (Phi) is 6.47. The lowest BCUT2D eigenvalue weighted by atomic mass is 10.1. The van der Waals surface area contributed by atoms with Gasteiger partial charge >= 0.3 is 0 Å². The molecule has 5 nitrogen and oxygen atoms in total. The molecule has 1 amide bonds. The molecule has 1 atom stereocenters. The molecule has 0 spiro atoms. The molecule has 1 aliphatic heterocycles. The fraction of sp³-hybridized carbons (Fsp3) is 0.917. The van der Waals surface area contributed by atoms with Crippen LogP contribution in [0.3, 0.4) is 0 Å². The minimum Gasteiger partial charge on any atom is -0.382 e. The van der Waals surface area contributed by atoms with Crippen LogP contribution in [0.2, 0.25) is 0 Å². The first-order chi connectivity index (χ1) is 8.16. The van der Waals surface area contributed by atoms with Crippen molar-refractivity contribution >= 4 is 5.91 Å². The van der Waals surface area contributed by atoms with Gasteiger partial charge in [-0.2, -0.15) is 0 Å². The number of amides is 1. The molecule has 0 aliphatic carbocycles. The van der Waals surface area contributed by atoms with Gasteiger partial charge in [0.15, 0.2) is 0 Å². The van der Waals surface area contributed by atoms with Gasteiger partial charge in [0.05, 0.1) is 25.9 Å². The second kappa shape index (κ2) is 7.63. The molecule has 0 aromatic carbocycles. The largest absolute Gasteiger partial charge is 0.382 e. The van der Waals surface area contributed by atoms with E-state index in [1.165, 1.54) is 0 Å². The number of nitrogens with one attached hydrogen (secondary N) is 1. The summed E-state index contributed by atoms with van der Waals surface area (Å²) in [7, 11) is 1.66. The van der Waals surface area contributed by atoms with E-state index >= 15 is 0 Å². The highest BCUT2D eigenvalue weighted by atomic mass is 16.5. The summed E-state index contributed by atoms with van der Waals surface area (Å²) in [5, 5.41) is 3.23. The van der Waals surface area contributed by atoms with E-state index in [2.05, 4.69) is 19.2 Å². The third kappa shape index (κ3) is 4.61. The Hall–Kier alpha value is -0.650. The highest BCUT2D eigenvalue weighted by molar-refractivity contribution is 5.83. The zero-order chi connectivity index (χ0) is 12.7. The summed E-state index contributed by atoms with van der Waals surface area (Å²) < 4.78 is 10.2. The Labute approximate surface area is 103 Å². The zero-order valence-electron chi connectivity index (χ0n) is 11.1. The van der Waals surface area contributed by atoms with Crippen molar-refractivity contribution in [2.24, 2.45) is 5.92 Å². The van der Waals surface area contributed by atoms with E-state index in [-0.39, 0.29) is 11.9 Å². The number of hydrogen-bond acceptors (Lipinski definition) is 4. The van der Waals surface area contributed by atoms with E-state index in [4.69, 9.17) is 9.47 Å². The van der Waals surface area contributed by atoms with E-state index in [1.807, 2.05) is 4.90 Å². The number of hydrogen-bond donors (Lipinski definition) is 1. The van der Waals surface area contributed by atoms with Gasteiger partial charge in [-0.15, -0.1) is 0 Å². The number of methoxy groups -OCH3 is 1. The van der Waals surface area contributed by atoms with Crippen LogP contribution in [0.4, 0.5) is 0 Å². The Morgan fingerprint density at radius 2 is 2.18 bits per heavy atom. The van der Waals surface area contributed by atoms with Gasteiger partial charge in [-0.1, -0.05) is 13.8 Å². The molecule has 0 aromatic rings. The fourth-order valence-corrected chi connectivity index (χ4v) is 1.88. The van der Waals surface area contributed by atoms with Crippen LogP contribution in [0.1, 0.15) is 20.3 Å². The summed E-state index contributed by atoms with van der Waals surface area (Å²) in [5.74, 6) is 0.572. The number of nitrogens with zero attached hydrogens (tertiary/aromatic N) is 1. The van der Waals surface area contributed by atoms with Crippen molar-refractivity contribution < 1.29 is 14.3 Å². The van der Waals surface area contributed by atoms with Crippen LogP contribution < -0.4 is 5.32 Å². The second-order valence-corrected chi connectivity index (χ2v) is 4.64. The first-order valence-electron chi connectivity index (χ1n) is 6.25. The summed E-state index contributed by atoms with van der Waals surface area (Å²) in [5.41, 5.74) is 0. The van der Waals surface area contributed by atoms with Gasteiger partial charge in [0, 0.05) is 20.3 Å². The lowest BCUT2D eigenvalue weighted by Crippen LogP contribution is -2.35.